The molecule has 9 heteroatoms. The Labute approximate surface area is 170 Å². The number of carbonyl (C=O) groups is 4. The predicted molar refractivity (Wildman–Crippen MR) is 104 cm³/mol. The molecule has 160 valence electrons. The molecule has 0 aliphatic heterocycles. The smallest absolute Gasteiger partial charge is 0.408 e. The second-order valence-electron chi connectivity index (χ2n) is 6.75. The monoisotopic (exact) mass is 408 g/mol. The topological polar surface area (TPSA) is 120 Å². The maximum atomic E-state index is 12.6. The summed E-state index contributed by atoms with van der Waals surface area (Å²) in [5.41, 5.74) is 0.802. The van der Waals surface area contributed by atoms with Gasteiger partial charge in [-0.05, 0) is 17.9 Å². The van der Waals surface area contributed by atoms with E-state index in [9.17, 15) is 19.2 Å². The van der Waals surface area contributed by atoms with Gasteiger partial charge in [-0.15, -0.1) is 0 Å². The summed E-state index contributed by atoms with van der Waals surface area (Å²) in [5, 5.41) is 4.94. The Morgan fingerprint density at radius 2 is 1.59 bits per heavy atom. The molecule has 0 unspecified atom stereocenters. The van der Waals surface area contributed by atoms with Gasteiger partial charge in [0.2, 0.25) is 5.91 Å². The van der Waals surface area contributed by atoms with Crippen molar-refractivity contribution < 1.29 is 33.4 Å². The van der Waals surface area contributed by atoms with E-state index in [2.05, 4.69) is 20.1 Å². The first-order valence-corrected chi connectivity index (χ1v) is 9.19. The molecule has 2 atom stereocenters. The van der Waals surface area contributed by atoms with Gasteiger partial charge in [0.05, 0.1) is 20.6 Å². The number of methoxy groups -OCH3 is 2. The van der Waals surface area contributed by atoms with E-state index in [4.69, 9.17) is 4.74 Å². The van der Waals surface area contributed by atoms with Crippen LogP contribution in [0.2, 0.25) is 0 Å². The van der Waals surface area contributed by atoms with Crippen LogP contribution in [0.25, 0.3) is 0 Å². The van der Waals surface area contributed by atoms with Crippen molar-refractivity contribution in [3.8, 4) is 0 Å². The number of rotatable bonds is 10. The SMILES string of the molecule is COC(=O)C[C@H](NC(=O)[C@H](CC(C)C)NC(=O)OCc1ccccc1)C(=O)OC. The molecule has 0 saturated heterocycles. The largest absolute Gasteiger partial charge is 0.469 e. The van der Waals surface area contributed by atoms with Crippen molar-refractivity contribution in [2.45, 2.75) is 45.4 Å². The molecule has 1 aromatic rings. The Bertz CT molecular complexity index is 691. The van der Waals surface area contributed by atoms with Crippen LogP contribution in [-0.2, 0) is 35.2 Å². The zero-order chi connectivity index (χ0) is 21.8. The predicted octanol–water partition coefficient (Wildman–Crippen LogP) is 1.55. The molecular formula is C20H28N2O7. The van der Waals surface area contributed by atoms with Crippen molar-refractivity contribution in [1.82, 2.24) is 10.6 Å². The van der Waals surface area contributed by atoms with Crippen molar-refractivity contribution in [3.63, 3.8) is 0 Å². The van der Waals surface area contributed by atoms with Gasteiger partial charge in [0.1, 0.15) is 18.7 Å². The lowest BCUT2D eigenvalue weighted by Gasteiger charge is -2.22. The molecule has 0 radical (unpaired) electrons. The Morgan fingerprint density at radius 3 is 2.14 bits per heavy atom. The highest BCUT2D eigenvalue weighted by atomic mass is 16.5. The van der Waals surface area contributed by atoms with Crippen molar-refractivity contribution in [2.24, 2.45) is 5.92 Å². The number of hydrogen-bond donors (Lipinski definition) is 2. The van der Waals surface area contributed by atoms with Crippen molar-refractivity contribution >= 4 is 23.9 Å². The maximum absolute atomic E-state index is 12.6. The van der Waals surface area contributed by atoms with E-state index in [-0.39, 0.29) is 18.9 Å². The molecule has 1 aromatic carbocycles. The average Bonchev–Trinajstić information content (AvgIpc) is 2.70. The van der Waals surface area contributed by atoms with Crippen molar-refractivity contribution in [2.75, 3.05) is 14.2 Å². The first-order chi connectivity index (χ1) is 13.8. The molecule has 0 aliphatic rings. The molecule has 0 spiro atoms. The summed E-state index contributed by atoms with van der Waals surface area (Å²) in [6.07, 6.45) is -0.850. The summed E-state index contributed by atoms with van der Waals surface area (Å²) in [6, 6.07) is 6.91. The second-order valence-corrected chi connectivity index (χ2v) is 6.75. The van der Waals surface area contributed by atoms with Crippen LogP contribution in [0.15, 0.2) is 30.3 Å². The molecule has 0 aliphatic carbocycles. The first kappa shape index (κ1) is 23.9. The molecule has 0 aromatic heterocycles. The van der Waals surface area contributed by atoms with Gasteiger partial charge in [0, 0.05) is 0 Å². The van der Waals surface area contributed by atoms with E-state index in [0.29, 0.717) is 6.42 Å². The number of amides is 2. The van der Waals surface area contributed by atoms with Gasteiger partial charge < -0.3 is 24.8 Å². The highest BCUT2D eigenvalue weighted by Crippen LogP contribution is 2.08. The fourth-order valence-electron chi connectivity index (χ4n) is 2.47. The quantitative estimate of drug-likeness (QED) is 0.445. The van der Waals surface area contributed by atoms with Gasteiger partial charge in [0.15, 0.2) is 0 Å². The molecule has 9 nitrogen and oxygen atoms in total. The third-order valence-electron chi connectivity index (χ3n) is 3.93. The highest BCUT2D eigenvalue weighted by molar-refractivity contribution is 5.91. The zero-order valence-electron chi connectivity index (χ0n) is 17.1. The minimum atomic E-state index is -1.23. The lowest BCUT2D eigenvalue weighted by Crippen LogP contribution is -2.52. The van der Waals surface area contributed by atoms with E-state index < -0.39 is 36.0 Å². The standard InChI is InChI=1S/C20H28N2O7/c1-13(2)10-15(22-20(26)29-12-14-8-6-5-7-9-14)18(24)21-16(19(25)28-4)11-17(23)27-3/h5-9,13,15-16H,10-12H2,1-4H3,(H,21,24)(H,22,26)/t15-,16-/m0/s1. The average molecular weight is 408 g/mol. The maximum Gasteiger partial charge on any atom is 0.408 e. The number of nitrogens with one attached hydrogen (secondary N) is 2. The van der Waals surface area contributed by atoms with Gasteiger partial charge in [-0.25, -0.2) is 9.59 Å². The number of alkyl carbamates (subject to hydrolysis) is 1. The first-order valence-electron chi connectivity index (χ1n) is 9.19. The van der Waals surface area contributed by atoms with Crippen LogP contribution < -0.4 is 10.6 Å². The molecule has 0 bridgehead atoms. The van der Waals surface area contributed by atoms with Crippen molar-refractivity contribution in [1.29, 1.82) is 0 Å². The normalized spacial score (nSPS) is 12.4. The third-order valence-corrected chi connectivity index (χ3v) is 3.93. The van der Waals surface area contributed by atoms with Crippen LogP contribution in [0.3, 0.4) is 0 Å². The number of benzene rings is 1. The summed E-state index contributed by atoms with van der Waals surface area (Å²) in [6.45, 7) is 3.81. The summed E-state index contributed by atoms with van der Waals surface area (Å²) in [5.74, 6) is -2.04. The van der Waals surface area contributed by atoms with E-state index in [0.717, 1.165) is 12.7 Å². The molecule has 0 fully saturated rings. The third kappa shape index (κ3) is 9.09. The van der Waals surface area contributed by atoms with E-state index in [1.165, 1.54) is 7.11 Å². The van der Waals surface area contributed by atoms with E-state index in [1.54, 1.807) is 12.1 Å². The lowest BCUT2D eigenvalue weighted by molar-refractivity contribution is -0.150. The van der Waals surface area contributed by atoms with Gasteiger partial charge in [-0.2, -0.15) is 0 Å². The molecule has 0 saturated carbocycles. The minimum Gasteiger partial charge on any atom is -0.469 e. The molecule has 0 heterocycles. The zero-order valence-corrected chi connectivity index (χ0v) is 17.1. The molecule has 2 amide bonds. The number of esters is 2. The summed E-state index contributed by atoms with van der Waals surface area (Å²) in [4.78, 5) is 48.1. The van der Waals surface area contributed by atoms with E-state index in [1.807, 2.05) is 32.0 Å². The Kier molecular flexibility index (Phi) is 10.2. The van der Waals surface area contributed by atoms with Crippen LogP contribution in [0.5, 0.6) is 0 Å². The summed E-state index contributed by atoms with van der Waals surface area (Å²) >= 11 is 0. The Balaban J connectivity index is 2.75. The van der Waals surface area contributed by atoms with Crippen LogP contribution in [0, 0.1) is 5.92 Å². The number of hydrogen-bond acceptors (Lipinski definition) is 7. The Morgan fingerprint density at radius 1 is 0.931 bits per heavy atom. The Hall–Kier alpha value is -3.10. The van der Waals surface area contributed by atoms with Gasteiger partial charge >= 0.3 is 18.0 Å². The fourth-order valence-corrected chi connectivity index (χ4v) is 2.47. The second kappa shape index (κ2) is 12.4. The minimum absolute atomic E-state index is 0.0514. The summed E-state index contributed by atoms with van der Waals surface area (Å²) in [7, 11) is 2.31. The van der Waals surface area contributed by atoms with Gasteiger partial charge in [-0.1, -0.05) is 44.2 Å². The van der Waals surface area contributed by atoms with Crippen LogP contribution in [0.4, 0.5) is 4.79 Å². The van der Waals surface area contributed by atoms with Crippen molar-refractivity contribution in [3.05, 3.63) is 35.9 Å². The molecular weight excluding hydrogens is 380 g/mol. The molecule has 29 heavy (non-hydrogen) atoms. The van der Waals surface area contributed by atoms with Gasteiger partial charge in [-0.3, -0.25) is 9.59 Å². The van der Waals surface area contributed by atoms with E-state index >= 15 is 0 Å². The van der Waals surface area contributed by atoms with Crippen LogP contribution in [0.1, 0.15) is 32.3 Å². The molecule has 1 rings (SSSR count). The number of carbonyl (C=O) groups excluding carboxylic acids is 4. The van der Waals surface area contributed by atoms with Crippen LogP contribution >= 0.6 is 0 Å². The van der Waals surface area contributed by atoms with Crippen LogP contribution in [-0.4, -0.2) is 50.2 Å². The van der Waals surface area contributed by atoms with Gasteiger partial charge in [0.25, 0.3) is 0 Å². The summed E-state index contributed by atoms with van der Waals surface area (Å²) < 4.78 is 14.3. The molecule has 2 N–H and O–H groups in total. The number of ether oxygens (including phenoxy) is 3. The fraction of sp³-hybridized carbons (Fsp3) is 0.500. The lowest BCUT2D eigenvalue weighted by atomic mass is 10.0. The highest BCUT2D eigenvalue weighted by Gasteiger charge is 2.30.